The van der Waals surface area contributed by atoms with Crippen molar-refractivity contribution in [2.75, 3.05) is 5.32 Å². The summed E-state index contributed by atoms with van der Waals surface area (Å²) >= 11 is 8.90. The summed E-state index contributed by atoms with van der Waals surface area (Å²) in [6, 6.07) is 12.7. The molecule has 0 aliphatic rings. The molecule has 3 N–H and O–H groups in total. The van der Waals surface area contributed by atoms with Gasteiger partial charge in [0.15, 0.2) is 4.34 Å². The van der Waals surface area contributed by atoms with Gasteiger partial charge in [-0.2, -0.15) is 0 Å². The van der Waals surface area contributed by atoms with E-state index >= 15 is 0 Å². The van der Waals surface area contributed by atoms with E-state index in [9.17, 15) is 9.59 Å². The lowest BCUT2D eigenvalue weighted by atomic mass is 10.2. The summed E-state index contributed by atoms with van der Waals surface area (Å²) in [5.74, 6) is 0.172. The summed E-state index contributed by atoms with van der Waals surface area (Å²) in [6.07, 6.45) is 0. The summed E-state index contributed by atoms with van der Waals surface area (Å²) in [7, 11) is 0. The maximum absolute atomic E-state index is 12.8. The Labute approximate surface area is 190 Å². The molecule has 1 amide bonds. The number of rotatable bonds is 7. The van der Waals surface area contributed by atoms with Crippen molar-refractivity contribution in [3.63, 3.8) is 0 Å². The molecule has 0 unspecified atom stereocenters. The molecule has 0 aliphatic heterocycles. The van der Waals surface area contributed by atoms with Gasteiger partial charge in [0.25, 0.3) is 5.56 Å². The molecule has 11 heteroatoms. The van der Waals surface area contributed by atoms with Crippen molar-refractivity contribution in [1.82, 2.24) is 19.7 Å². The van der Waals surface area contributed by atoms with Crippen LogP contribution in [0.1, 0.15) is 11.4 Å². The number of hydrogen-bond acceptors (Lipinski definition) is 8. The van der Waals surface area contributed by atoms with Crippen molar-refractivity contribution < 1.29 is 4.79 Å². The van der Waals surface area contributed by atoms with E-state index in [1.807, 2.05) is 31.2 Å². The number of halogens is 1. The first-order valence-electron chi connectivity index (χ1n) is 9.17. The zero-order valence-corrected chi connectivity index (χ0v) is 18.7. The van der Waals surface area contributed by atoms with Gasteiger partial charge in [-0.15, -0.1) is 10.2 Å². The third kappa shape index (κ3) is 4.87. The number of carbonyl (C=O) groups excluding carboxylic acids is 1. The highest BCUT2D eigenvalue weighted by Crippen LogP contribution is 2.30. The van der Waals surface area contributed by atoms with Crippen LogP contribution in [0, 0.1) is 6.92 Å². The van der Waals surface area contributed by atoms with Crippen LogP contribution in [0.3, 0.4) is 0 Å². The molecule has 31 heavy (non-hydrogen) atoms. The Kier molecular flexibility index (Phi) is 6.21. The monoisotopic (exact) mass is 472 g/mol. The van der Waals surface area contributed by atoms with Gasteiger partial charge < -0.3 is 11.1 Å². The average molecular weight is 473 g/mol. The normalized spacial score (nSPS) is 11.0. The molecule has 2 aromatic heterocycles. The number of anilines is 2. The Morgan fingerprint density at radius 1 is 1.26 bits per heavy atom. The van der Waals surface area contributed by atoms with E-state index in [1.54, 1.807) is 18.2 Å². The lowest BCUT2D eigenvalue weighted by Crippen LogP contribution is -2.31. The number of hydrogen-bond donors (Lipinski definition) is 2. The predicted octanol–water partition coefficient (Wildman–Crippen LogP) is 3.73. The van der Waals surface area contributed by atoms with Gasteiger partial charge >= 0.3 is 0 Å². The Morgan fingerprint density at radius 2 is 2.06 bits per heavy atom. The molecule has 0 spiro atoms. The molecule has 0 bridgehead atoms. The van der Waals surface area contributed by atoms with Crippen molar-refractivity contribution >= 4 is 62.3 Å². The van der Waals surface area contributed by atoms with Crippen LogP contribution in [0.15, 0.2) is 51.6 Å². The molecule has 0 fully saturated rings. The molecule has 8 nitrogen and oxygen atoms in total. The van der Waals surface area contributed by atoms with Crippen LogP contribution in [-0.4, -0.2) is 25.7 Å². The van der Waals surface area contributed by atoms with Gasteiger partial charge in [-0.3, -0.25) is 14.2 Å². The van der Waals surface area contributed by atoms with Gasteiger partial charge in [0.2, 0.25) is 11.0 Å². The highest BCUT2D eigenvalue weighted by atomic mass is 35.5. The molecule has 4 aromatic rings. The van der Waals surface area contributed by atoms with Crippen molar-refractivity contribution in [3.8, 4) is 0 Å². The van der Waals surface area contributed by atoms with E-state index in [1.165, 1.54) is 27.7 Å². The molecule has 0 radical (unpaired) electrons. The largest absolute Gasteiger partial charge is 0.368 e. The number of para-hydroxylation sites is 1. The second-order valence-electron chi connectivity index (χ2n) is 6.65. The number of aryl methyl sites for hydroxylation is 1. The minimum absolute atomic E-state index is 0.232. The minimum Gasteiger partial charge on any atom is -0.368 e. The van der Waals surface area contributed by atoms with Gasteiger partial charge in [0, 0.05) is 10.7 Å². The molecule has 0 saturated heterocycles. The van der Waals surface area contributed by atoms with Gasteiger partial charge in [0.05, 0.1) is 16.7 Å². The third-order valence-corrected chi connectivity index (χ3v) is 6.78. The lowest BCUT2D eigenvalue weighted by Gasteiger charge is -2.11. The first-order chi connectivity index (χ1) is 14.9. The Bertz CT molecular complexity index is 1340. The molecule has 158 valence electrons. The highest BCUT2D eigenvalue weighted by Gasteiger charge is 2.14. The molecule has 2 heterocycles. The number of fused-ring (bicyclic) bond motifs is 1. The number of nitrogens with zero attached hydrogens (tertiary/aromatic N) is 4. The Hall–Kier alpha value is -2.95. The molecule has 0 saturated carbocycles. The molecule has 2 aromatic carbocycles. The second kappa shape index (κ2) is 9.04. The van der Waals surface area contributed by atoms with Crippen LogP contribution in [0.2, 0.25) is 5.02 Å². The highest BCUT2D eigenvalue weighted by molar-refractivity contribution is 8.00. The van der Waals surface area contributed by atoms with E-state index in [2.05, 4.69) is 20.5 Å². The number of nitrogens with one attached hydrogen (secondary N) is 1. The second-order valence-corrected chi connectivity index (χ2v) is 9.26. The van der Waals surface area contributed by atoms with Crippen LogP contribution in [0.5, 0.6) is 0 Å². The number of amides is 1. The summed E-state index contributed by atoms with van der Waals surface area (Å²) < 4.78 is 2.00. The topological polar surface area (TPSA) is 116 Å². The Balaban J connectivity index is 1.54. The lowest BCUT2D eigenvalue weighted by molar-refractivity contribution is -0.118. The molecule has 4 rings (SSSR count). The van der Waals surface area contributed by atoms with Gasteiger partial charge in [-0.25, -0.2) is 4.98 Å². The summed E-state index contributed by atoms with van der Waals surface area (Å²) in [6.45, 7) is 1.70. The first-order valence-corrected chi connectivity index (χ1v) is 11.3. The SMILES string of the molecule is Cc1ccc(Nc2nnc(SCc3nc4ccccc4c(=O)n3CC(N)=O)s2)cc1Cl. The number of benzene rings is 2. The fourth-order valence-electron chi connectivity index (χ4n) is 2.88. The number of primary amides is 1. The van der Waals surface area contributed by atoms with Crippen molar-refractivity contribution in [3.05, 3.63) is 69.2 Å². The van der Waals surface area contributed by atoms with E-state index in [4.69, 9.17) is 17.3 Å². The fraction of sp³-hybridized carbons (Fsp3) is 0.150. The Morgan fingerprint density at radius 3 is 2.84 bits per heavy atom. The number of nitrogens with two attached hydrogens (primary N) is 1. The van der Waals surface area contributed by atoms with Gasteiger partial charge in [0.1, 0.15) is 12.4 Å². The number of aromatic nitrogens is 4. The van der Waals surface area contributed by atoms with Crippen LogP contribution in [0.25, 0.3) is 10.9 Å². The predicted molar refractivity (Wildman–Crippen MR) is 124 cm³/mol. The minimum atomic E-state index is -0.607. The maximum atomic E-state index is 12.8. The summed E-state index contributed by atoms with van der Waals surface area (Å²) in [4.78, 5) is 28.9. The van der Waals surface area contributed by atoms with Crippen molar-refractivity contribution in [2.24, 2.45) is 5.73 Å². The van der Waals surface area contributed by atoms with E-state index in [0.29, 0.717) is 37.0 Å². The zero-order chi connectivity index (χ0) is 22.0. The van der Waals surface area contributed by atoms with Crippen LogP contribution in [0.4, 0.5) is 10.8 Å². The maximum Gasteiger partial charge on any atom is 0.261 e. The zero-order valence-electron chi connectivity index (χ0n) is 16.3. The standard InChI is InChI=1S/C20H17ClN6O2S2/c1-11-6-7-12(8-14(11)21)23-19-25-26-20(31-19)30-10-17-24-15-5-3-2-4-13(15)18(29)27(17)9-16(22)28/h2-8H,9-10H2,1H3,(H2,22,28)(H,23,25). The molecule has 0 aliphatic carbocycles. The van der Waals surface area contributed by atoms with Crippen LogP contribution < -0.4 is 16.6 Å². The van der Waals surface area contributed by atoms with E-state index in [0.717, 1.165) is 11.3 Å². The fourth-order valence-corrected chi connectivity index (χ4v) is 4.78. The quantitative estimate of drug-likeness (QED) is 0.393. The molecular formula is C20H17ClN6O2S2. The van der Waals surface area contributed by atoms with Crippen molar-refractivity contribution in [2.45, 2.75) is 23.6 Å². The number of carbonyl (C=O) groups is 1. The van der Waals surface area contributed by atoms with Crippen LogP contribution in [-0.2, 0) is 17.1 Å². The van der Waals surface area contributed by atoms with E-state index < -0.39 is 5.91 Å². The summed E-state index contributed by atoms with van der Waals surface area (Å²) in [5.41, 5.74) is 7.42. The van der Waals surface area contributed by atoms with Gasteiger partial charge in [-0.1, -0.05) is 52.9 Å². The van der Waals surface area contributed by atoms with Gasteiger partial charge in [-0.05, 0) is 36.8 Å². The number of thioether (sulfide) groups is 1. The third-order valence-electron chi connectivity index (χ3n) is 4.41. The summed E-state index contributed by atoms with van der Waals surface area (Å²) in [5, 5.41) is 13.2. The first kappa shape index (κ1) is 21.3. The van der Waals surface area contributed by atoms with Crippen LogP contribution >= 0.6 is 34.7 Å². The molecular weight excluding hydrogens is 456 g/mol. The van der Waals surface area contributed by atoms with E-state index in [-0.39, 0.29) is 12.1 Å². The average Bonchev–Trinajstić information content (AvgIpc) is 3.18. The molecule has 0 atom stereocenters. The van der Waals surface area contributed by atoms with Crippen molar-refractivity contribution in [1.29, 1.82) is 0 Å². The smallest absolute Gasteiger partial charge is 0.261 e.